The van der Waals surface area contributed by atoms with Crippen LogP contribution in [0.5, 0.6) is 0 Å². The Bertz CT molecular complexity index is 330. The van der Waals surface area contributed by atoms with Crippen molar-refractivity contribution in [1.29, 1.82) is 0 Å². The lowest BCUT2D eigenvalue weighted by atomic mass is 9.93. The Hall–Kier alpha value is -0.180. The first-order chi connectivity index (χ1) is 8.95. The largest absolute Gasteiger partial charge is 0.369 e. The van der Waals surface area contributed by atoms with Crippen LogP contribution >= 0.6 is 35.7 Å². The molecule has 0 bridgehead atoms. The van der Waals surface area contributed by atoms with Gasteiger partial charge in [-0.3, -0.25) is 9.79 Å². The minimum Gasteiger partial charge on any atom is -0.369 e. The summed E-state index contributed by atoms with van der Waals surface area (Å²) in [5, 5.41) is 7.21. The highest BCUT2D eigenvalue weighted by Crippen LogP contribution is 2.25. The van der Waals surface area contributed by atoms with E-state index in [0.29, 0.717) is 11.8 Å². The van der Waals surface area contributed by atoms with Crippen LogP contribution in [0.1, 0.15) is 33.6 Å². The van der Waals surface area contributed by atoms with Gasteiger partial charge in [0.15, 0.2) is 5.96 Å². The van der Waals surface area contributed by atoms with E-state index in [2.05, 4.69) is 15.6 Å². The van der Waals surface area contributed by atoms with Crippen molar-refractivity contribution in [2.75, 3.05) is 25.4 Å². The van der Waals surface area contributed by atoms with Crippen LogP contribution in [0.4, 0.5) is 0 Å². The van der Waals surface area contributed by atoms with E-state index in [0.717, 1.165) is 19.0 Å². The lowest BCUT2D eigenvalue weighted by Crippen LogP contribution is -2.42. The zero-order chi connectivity index (χ0) is 14.3. The zero-order valence-corrected chi connectivity index (χ0v) is 15.7. The van der Waals surface area contributed by atoms with Crippen LogP contribution in [0.25, 0.3) is 0 Å². The number of rotatable bonds is 6. The van der Waals surface area contributed by atoms with Crippen molar-refractivity contribution in [3.8, 4) is 0 Å². The number of hydrogen-bond donors (Lipinski definition) is 3. The Morgan fingerprint density at radius 3 is 2.65 bits per heavy atom. The fourth-order valence-electron chi connectivity index (χ4n) is 1.71. The Balaban J connectivity index is 0.00000361. The molecule has 4 N–H and O–H groups in total. The molecule has 7 heteroatoms. The molecule has 20 heavy (non-hydrogen) atoms. The minimum atomic E-state index is -0.607. The summed E-state index contributed by atoms with van der Waals surface area (Å²) in [4.78, 5) is 15.7. The van der Waals surface area contributed by atoms with E-state index in [4.69, 9.17) is 5.73 Å². The third-order valence-electron chi connectivity index (χ3n) is 3.16. The van der Waals surface area contributed by atoms with Crippen LogP contribution in [0.15, 0.2) is 4.99 Å². The van der Waals surface area contributed by atoms with E-state index in [-0.39, 0.29) is 29.9 Å². The smallest absolute Gasteiger partial charge is 0.224 e. The molecule has 0 aromatic heterocycles. The fourth-order valence-corrected chi connectivity index (χ4v) is 2.91. The monoisotopic (exact) mass is 414 g/mol. The molecule has 5 nitrogen and oxygen atoms in total. The van der Waals surface area contributed by atoms with Gasteiger partial charge in [0, 0.05) is 18.3 Å². The number of carbonyl (C=O) groups excluding carboxylic acids is 1. The molecule has 1 fully saturated rings. The quantitative estimate of drug-likeness (QED) is 0.350. The molecule has 1 atom stereocenters. The van der Waals surface area contributed by atoms with Gasteiger partial charge in [0.2, 0.25) is 5.91 Å². The van der Waals surface area contributed by atoms with E-state index in [1.165, 1.54) is 18.6 Å². The molecule has 1 saturated heterocycles. The van der Waals surface area contributed by atoms with Gasteiger partial charge in [-0.05, 0) is 39.4 Å². The fraction of sp³-hybridized carbons (Fsp3) is 0.846. The van der Waals surface area contributed by atoms with Gasteiger partial charge >= 0.3 is 0 Å². The molecule has 1 aliphatic heterocycles. The number of nitrogens with zero attached hydrogens (tertiary/aromatic N) is 1. The number of nitrogens with two attached hydrogens (primary N) is 1. The predicted molar refractivity (Wildman–Crippen MR) is 97.9 cm³/mol. The topological polar surface area (TPSA) is 79.5 Å². The normalized spacial score (nSPS) is 19.4. The van der Waals surface area contributed by atoms with Gasteiger partial charge in [-0.1, -0.05) is 0 Å². The number of guanidine groups is 1. The van der Waals surface area contributed by atoms with Crippen molar-refractivity contribution in [3.05, 3.63) is 0 Å². The Kier molecular flexibility index (Phi) is 9.61. The van der Waals surface area contributed by atoms with Crippen molar-refractivity contribution >= 4 is 47.6 Å². The van der Waals surface area contributed by atoms with Gasteiger partial charge in [0.25, 0.3) is 0 Å². The molecule has 1 unspecified atom stereocenters. The lowest BCUT2D eigenvalue weighted by Gasteiger charge is -2.19. The predicted octanol–water partition coefficient (Wildman–Crippen LogP) is 1.57. The van der Waals surface area contributed by atoms with Crippen LogP contribution < -0.4 is 16.4 Å². The van der Waals surface area contributed by atoms with Crippen molar-refractivity contribution in [1.82, 2.24) is 10.6 Å². The molecule has 0 radical (unpaired) electrons. The first-order valence-corrected chi connectivity index (χ1v) is 7.94. The number of hydrogen-bond acceptors (Lipinski definition) is 3. The maximum Gasteiger partial charge on any atom is 0.224 e. The summed E-state index contributed by atoms with van der Waals surface area (Å²) >= 11 is 2.01. The molecular weight excluding hydrogens is 387 g/mol. The number of aliphatic imine (C=N–C) groups is 1. The van der Waals surface area contributed by atoms with Gasteiger partial charge in [0.05, 0.1) is 12.0 Å². The third-order valence-corrected chi connectivity index (χ3v) is 4.56. The van der Waals surface area contributed by atoms with E-state index in [1.807, 2.05) is 32.5 Å². The van der Waals surface area contributed by atoms with Crippen molar-refractivity contribution in [2.45, 2.75) is 38.9 Å². The first kappa shape index (κ1) is 19.8. The summed E-state index contributed by atoms with van der Waals surface area (Å²) in [6.45, 7) is 7.79. The number of primary amides is 1. The van der Waals surface area contributed by atoms with E-state index < -0.39 is 5.41 Å². The molecule has 0 aromatic carbocycles. The highest BCUT2D eigenvalue weighted by atomic mass is 127. The highest BCUT2D eigenvalue weighted by Gasteiger charge is 2.24. The summed E-state index contributed by atoms with van der Waals surface area (Å²) in [5.41, 5.74) is 4.74. The lowest BCUT2D eigenvalue weighted by molar-refractivity contribution is -0.125. The molecule has 0 aromatic rings. The third kappa shape index (κ3) is 7.01. The highest BCUT2D eigenvalue weighted by molar-refractivity contribution is 14.0. The summed E-state index contributed by atoms with van der Waals surface area (Å²) in [5.74, 6) is 1.71. The Morgan fingerprint density at radius 1 is 1.45 bits per heavy atom. The molecule has 1 amide bonds. The maximum atomic E-state index is 11.3. The van der Waals surface area contributed by atoms with Gasteiger partial charge in [-0.25, -0.2) is 0 Å². The molecule has 0 aliphatic carbocycles. The maximum absolute atomic E-state index is 11.3. The van der Waals surface area contributed by atoms with E-state index >= 15 is 0 Å². The number of amides is 1. The zero-order valence-electron chi connectivity index (χ0n) is 12.6. The molecular formula is C13H27IN4OS. The second kappa shape index (κ2) is 9.70. The van der Waals surface area contributed by atoms with Gasteiger partial charge in [-0.2, -0.15) is 11.8 Å². The first-order valence-electron chi connectivity index (χ1n) is 6.89. The van der Waals surface area contributed by atoms with Crippen LogP contribution in [-0.2, 0) is 4.79 Å². The van der Waals surface area contributed by atoms with Crippen molar-refractivity contribution in [3.63, 3.8) is 0 Å². The second-order valence-corrected chi connectivity index (χ2v) is 6.87. The van der Waals surface area contributed by atoms with Crippen molar-refractivity contribution in [2.24, 2.45) is 16.1 Å². The molecule has 0 spiro atoms. The summed E-state index contributed by atoms with van der Waals surface area (Å²) in [6.07, 6.45) is 2.57. The average molecular weight is 414 g/mol. The number of thioether (sulfide) groups is 1. The Labute approximate surface area is 143 Å². The van der Waals surface area contributed by atoms with Gasteiger partial charge in [-0.15, -0.1) is 24.0 Å². The minimum absolute atomic E-state index is 0. The standard InChI is InChI=1S/C13H26N4OS.HI/c1-4-15-12(16-8-10-6-5-7-19-10)17-9-13(2,3)11(14)18;/h10H,4-9H2,1-3H3,(H2,14,18)(H2,15,16,17);1H. The van der Waals surface area contributed by atoms with Crippen LogP contribution in [-0.4, -0.2) is 42.5 Å². The number of halogens is 1. The summed E-state index contributed by atoms with van der Waals surface area (Å²) < 4.78 is 0. The van der Waals surface area contributed by atoms with Crippen LogP contribution in [0, 0.1) is 5.41 Å². The Morgan fingerprint density at radius 2 is 2.15 bits per heavy atom. The average Bonchev–Trinajstić information content (AvgIpc) is 2.85. The van der Waals surface area contributed by atoms with Crippen LogP contribution in [0.2, 0.25) is 0 Å². The van der Waals surface area contributed by atoms with E-state index in [9.17, 15) is 4.79 Å². The number of nitrogens with one attached hydrogen (secondary N) is 2. The molecule has 0 saturated carbocycles. The molecule has 1 rings (SSSR count). The molecule has 118 valence electrons. The van der Waals surface area contributed by atoms with Gasteiger partial charge < -0.3 is 16.4 Å². The second-order valence-electron chi connectivity index (χ2n) is 5.46. The summed E-state index contributed by atoms with van der Waals surface area (Å²) in [7, 11) is 0. The summed E-state index contributed by atoms with van der Waals surface area (Å²) in [6, 6.07) is 0. The van der Waals surface area contributed by atoms with Gasteiger partial charge in [0.1, 0.15) is 0 Å². The van der Waals surface area contributed by atoms with E-state index in [1.54, 1.807) is 0 Å². The van der Waals surface area contributed by atoms with Crippen LogP contribution in [0.3, 0.4) is 0 Å². The SMILES string of the molecule is CCNC(=NCC(C)(C)C(N)=O)NCC1CCCS1.I. The van der Waals surface area contributed by atoms with Crippen molar-refractivity contribution < 1.29 is 4.79 Å². The molecule has 1 heterocycles. The number of carbonyl (C=O) groups is 1. The molecule has 1 aliphatic rings.